The minimum atomic E-state index is 0.543. The van der Waals surface area contributed by atoms with Gasteiger partial charge in [0.05, 0.1) is 10.0 Å². The van der Waals surface area contributed by atoms with Crippen LogP contribution >= 0.6 is 34.8 Å². The quantitative estimate of drug-likeness (QED) is 0.806. The normalized spacial score (nSPS) is 10.8. The first-order valence-electron chi connectivity index (χ1n) is 5.92. The van der Waals surface area contributed by atoms with Crippen LogP contribution in [0.1, 0.15) is 11.1 Å². The minimum Gasteiger partial charge on any atom is -0.316 e. The summed E-state index contributed by atoms with van der Waals surface area (Å²) in [5.41, 5.74) is 4.19. The maximum Gasteiger partial charge on any atom is 0.0514 e. The lowest BCUT2D eigenvalue weighted by molar-refractivity contribution is 0.819. The van der Waals surface area contributed by atoms with Crippen LogP contribution in [-0.4, -0.2) is 7.05 Å². The predicted octanol–water partition coefficient (Wildman–Crippen LogP) is 5.34. The molecule has 0 heterocycles. The first-order chi connectivity index (χ1) is 9.02. The van der Waals surface area contributed by atoms with Crippen molar-refractivity contribution in [1.29, 1.82) is 0 Å². The van der Waals surface area contributed by atoms with Gasteiger partial charge in [0, 0.05) is 17.1 Å². The van der Waals surface area contributed by atoms with E-state index in [1.165, 1.54) is 0 Å². The Labute approximate surface area is 128 Å². The zero-order chi connectivity index (χ0) is 14.0. The average Bonchev–Trinajstić information content (AvgIpc) is 2.31. The lowest BCUT2D eigenvalue weighted by atomic mass is 9.97. The van der Waals surface area contributed by atoms with Gasteiger partial charge < -0.3 is 5.32 Å². The fraction of sp³-hybridized carbons (Fsp3) is 0.200. The van der Waals surface area contributed by atoms with E-state index in [0.717, 1.165) is 28.8 Å². The highest BCUT2D eigenvalue weighted by Gasteiger charge is 2.13. The lowest BCUT2D eigenvalue weighted by Gasteiger charge is -2.14. The molecule has 19 heavy (non-hydrogen) atoms. The van der Waals surface area contributed by atoms with Gasteiger partial charge in [-0.15, -0.1) is 0 Å². The van der Waals surface area contributed by atoms with Crippen LogP contribution in [0.2, 0.25) is 15.1 Å². The van der Waals surface area contributed by atoms with E-state index in [0.29, 0.717) is 15.1 Å². The highest BCUT2D eigenvalue weighted by molar-refractivity contribution is 6.41. The molecule has 0 saturated heterocycles. The number of halogens is 3. The number of aryl methyl sites for hydroxylation is 1. The van der Waals surface area contributed by atoms with Gasteiger partial charge in [-0.3, -0.25) is 0 Å². The molecular weight excluding hydrogens is 301 g/mol. The largest absolute Gasteiger partial charge is 0.316 e. The Morgan fingerprint density at radius 2 is 1.63 bits per heavy atom. The van der Waals surface area contributed by atoms with Crippen molar-refractivity contribution in [3.8, 4) is 11.1 Å². The molecule has 0 spiro atoms. The van der Waals surface area contributed by atoms with Crippen LogP contribution in [0.3, 0.4) is 0 Å². The molecule has 2 aromatic carbocycles. The van der Waals surface area contributed by atoms with E-state index in [2.05, 4.69) is 23.5 Å². The predicted molar refractivity (Wildman–Crippen MR) is 84.4 cm³/mol. The van der Waals surface area contributed by atoms with E-state index in [1.807, 2.05) is 14.0 Å². The van der Waals surface area contributed by atoms with Gasteiger partial charge in [0.15, 0.2) is 0 Å². The molecule has 100 valence electrons. The van der Waals surface area contributed by atoms with E-state index >= 15 is 0 Å². The van der Waals surface area contributed by atoms with Crippen LogP contribution in [0.5, 0.6) is 0 Å². The molecule has 2 rings (SSSR count). The lowest BCUT2D eigenvalue weighted by Crippen LogP contribution is -2.06. The molecule has 0 aromatic heterocycles. The summed E-state index contributed by atoms with van der Waals surface area (Å²) in [7, 11) is 1.91. The molecular formula is C15H14Cl3N. The zero-order valence-corrected chi connectivity index (χ0v) is 13.0. The van der Waals surface area contributed by atoms with Crippen molar-refractivity contribution in [2.24, 2.45) is 0 Å². The summed E-state index contributed by atoms with van der Waals surface area (Å²) in [5.74, 6) is 0. The molecule has 2 aromatic rings. The van der Waals surface area contributed by atoms with Crippen LogP contribution in [0.25, 0.3) is 11.1 Å². The molecule has 0 saturated carbocycles. The van der Waals surface area contributed by atoms with Gasteiger partial charge in [0.1, 0.15) is 0 Å². The summed E-state index contributed by atoms with van der Waals surface area (Å²) >= 11 is 18.6. The van der Waals surface area contributed by atoms with Gasteiger partial charge in [-0.2, -0.15) is 0 Å². The molecule has 0 unspecified atom stereocenters. The van der Waals surface area contributed by atoms with Crippen LogP contribution in [-0.2, 0) is 6.54 Å². The van der Waals surface area contributed by atoms with Crippen LogP contribution in [0.4, 0.5) is 0 Å². The number of benzene rings is 2. The van der Waals surface area contributed by atoms with Crippen molar-refractivity contribution in [2.75, 3.05) is 7.05 Å². The van der Waals surface area contributed by atoms with Crippen molar-refractivity contribution < 1.29 is 0 Å². The van der Waals surface area contributed by atoms with E-state index in [4.69, 9.17) is 34.8 Å². The molecule has 0 atom stereocenters. The summed E-state index contributed by atoms with van der Waals surface area (Å²) in [6.07, 6.45) is 0. The molecule has 0 aliphatic carbocycles. The summed E-state index contributed by atoms with van der Waals surface area (Å²) in [6.45, 7) is 2.80. The van der Waals surface area contributed by atoms with Crippen molar-refractivity contribution in [2.45, 2.75) is 13.5 Å². The summed E-state index contributed by atoms with van der Waals surface area (Å²) in [4.78, 5) is 0. The number of rotatable bonds is 3. The number of hydrogen-bond acceptors (Lipinski definition) is 1. The molecule has 0 aliphatic heterocycles. The Balaban J connectivity index is 2.67. The SMILES string of the molecule is CNCc1ccc(C)cc1-c1c(Cl)cc(Cl)cc1Cl. The number of hydrogen-bond donors (Lipinski definition) is 1. The fourth-order valence-corrected chi connectivity index (χ4v) is 3.09. The van der Waals surface area contributed by atoms with Crippen molar-refractivity contribution in [1.82, 2.24) is 5.32 Å². The standard InChI is InChI=1S/C15H14Cl3N/c1-9-3-4-10(8-19-2)12(5-9)15-13(17)6-11(16)7-14(15)18/h3-7,19H,8H2,1-2H3. The number of nitrogens with one attached hydrogen (secondary N) is 1. The minimum absolute atomic E-state index is 0.543. The molecule has 1 nitrogen and oxygen atoms in total. The van der Waals surface area contributed by atoms with Crippen LogP contribution in [0, 0.1) is 6.92 Å². The third kappa shape index (κ3) is 3.24. The average molecular weight is 315 g/mol. The Morgan fingerprint density at radius 1 is 1.00 bits per heavy atom. The third-order valence-electron chi connectivity index (χ3n) is 2.91. The van der Waals surface area contributed by atoms with Crippen molar-refractivity contribution in [3.05, 3.63) is 56.5 Å². The van der Waals surface area contributed by atoms with Crippen molar-refractivity contribution >= 4 is 34.8 Å². The second kappa shape index (κ2) is 6.15. The topological polar surface area (TPSA) is 12.0 Å². The molecule has 1 N–H and O–H groups in total. The highest BCUT2D eigenvalue weighted by Crippen LogP contribution is 2.39. The van der Waals surface area contributed by atoms with Gasteiger partial charge >= 0.3 is 0 Å². The van der Waals surface area contributed by atoms with Crippen molar-refractivity contribution in [3.63, 3.8) is 0 Å². The molecule has 0 radical (unpaired) electrons. The molecule has 4 heteroatoms. The van der Waals surface area contributed by atoms with Crippen LogP contribution in [0.15, 0.2) is 30.3 Å². The smallest absolute Gasteiger partial charge is 0.0514 e. The molecule has 0 fully saturated rings. The van der Waals surface area contributed by atoms with E-state index in [9.17, 15) is 0 Å². The Bertz CT molecular complexity index is 585. The summed E-state index contributed by atoms with van der Waals surface area (Å²) < 4.78 is 0. The Kier molecular flexibility index (Phi) is 4.75. The summed E-state index contributed by atoms with van der Waals surface area (Å²) in [5, 5.41) is 4.83. The first-order valence-corrected chi connectivity index (χ1v) is 7.05. The van der Waals surface area contributed by atoms with Gasteiger partial charge in [-0.1, -0.05) is 58.6 Å². The molecule has 0 bridgehead atoms. The Hall–Kier alpha value is -0.730. The maximum absolute atomic E-state index is 6.30. The third-order valence-corrected chi connectivity index (χ3v) is 3.72. The van der Waals surface area contributed by atoms with Gasteiger partial charge in [-0.05, 0) is 37.2 Å². The zero-order valence-electron chi connectivity index (χ0n) is 10.7. The van der Waals surface area contributed by atoms with E-state index in [-0.39, 0.29) is 0 Å². The monoisotopic (exact) mass is 313 g/mol. The maximum atomic E-state index is 6.30. The van der Waals surface area contributed by atoms with Gasteiger partial charge in [0.2, 0.25) is 0 Å². The van der Waals surface area contributed by atoms with E-state index in [1.54, 1.807) is 12.1 Å². The molecule has 0 amide bonds. The molecule has 0 aliphatic rings. The van der Waals surface area contributed by atoms with Gasteiger partial charge in [-0.25, -0.2) is 0 Å². The summed E-state index contributed by atoms with van der Waals surface area (Å²) in [6, 6.07) is 9.69. The fourth-order valence-electron chi connectivity index (χ4n) is 2.07. The van der Waals surface area contributed by atoms with Crippen LogP contribution < -0.4 is 5.32 Å². The highest BCUT2D eigenvalue weighted by atomic mass is 35.5. The Morgan fingerprint density at radius 3 is 2.21 bits per heavy atom. The second-order valence-electron chi connectivity index (χ2n) is 4.44. The second-order valence-corrected chi connectivity index (χ2v) is 5.69. The first kappa shape index (κ1) is 14.7. The van der Waals surface area contributed by atoms with E-state index < -0.39 is 0 Å². The van der Waals surface area contributed by atoms with Gasteiger partial charge in [0.25, 0.3) is 0 Å².